The Balaban J connectivity index is 1.69. The van der Waals surface area contributed by atoms with Gasteiger partial charge < -0.3 is 9.42 Å². The first-order valence-electron chi connectivity index (χ1n) is 9.45. The summed E-state index contributed by atoms with van der Waals surface area (Å²) in [5.41, 5.74) is 5.26. The third kappa shape index (κ3) is 4.13. The molecule has 146 valence electrons. The predicted molar refractivity (Wildman–Crippen MR) is 111 cm³/mol. The van der Waals surface area contributed by atoms with Crippen molar-refractivity contribution in [2.24, 2.45) is 0 Å². The molecular formula is C22H22N6O. The molecule has 0 unspecified atom stereocenters. The number of hydrogen-bond donors (Lipinski definition) is 0. The van der Waals surface area contributed by atoms with Crippen molar-refractivity contribution in [1.29, 1.82) is 0 Å². The Morgan fingerprint density at radius 1 is 0.966 bits per heavy atom. The van der Waals surface area contributed by atoms with Gasteiger partial charge in [0.05, 0.1) is 17.0 Å². The number of pyridine rings is 2. The number of rotatable bonds is 6. The zero-order valence-electron chi connectivity index (χ0n) is 16.7. The average molecular weight is 386 g/mol. The molecule has 7 nitrogen and oxygen atoms in total. The number of nitrogens with zero attached hydrogens (tertiary/aromatic N) is 6. The number of aromatic nitrogens is 5. The highest BCUT2D eigenvalue weighted by molar-refractivity contribution is 5.79. The van der Waals surface area contributed by atoms with E-state index in [1.165, 1.54) is 0 Å². The lowest BCUT2D eigenvalue weighted by molar-refractivity contribution is 0.427. The molecule has 0 N–H and O–H groups in total. The maximum Gasteiger partial charge on any atom is 0.225 e. The molecule has 0 fully saturated rings. The number of likely N-dealkylation sites (N-methyl/N-ethyl adjacent to an activating group) is 1. The molecule has 0 radical (unpaired) electrons. The molecule has 0 bridgehead atoms. The van der Waals surface area contributed by atoms with Crippen LogP contribution in [-0.2, 0) is 6.42 Å². The molecule has 0 atom stereocenters. The van der Waals surface area contributed by atoms with Crippen LogP contribution < -0.4 is 4.90 Å². The van der Waals surface area contributed by atoms with E-state index < -0.39 is 0 Å². The number of hydrogen-bond acceptors (Lipinski definition) is 7. The van der Waals surface area contributed by atoms with Gasteiger partial charge in [0, 0.05) is 61.6 Å². The summed E-state index contributed by atoms with van der Waals surface area (Å²) >= 11 is 0. The molecule has 29 heavy (non-hydrogen) atoms. The van der Waals surface area contributed by atoms with Crippen LogP contribution in [0.25, 0.3) is 22.6 Å². The lowest BCUT2D eigenvalue weighted by Gasteiger charge is -2.18. The van der Waals surface area contributed by atoms with Crippen molar-refractivity contribution in [1.82, 2.24) is 25.1 Å². The van der Waals surface area contributed by atoms with E-state index in [-0.39, 0.29) is 0 Å². The van der Waals surface area contributed by atoms with Crippen molar-refractivity contribution in [3.05, 3.63) is 72.1 Å². The van der Waals surface area contributed by atoms with Gasteiger partial charge in [-0.15, -0.1) is 0 Å². The van der Waals surface area contributed by atoms with Gasteiger partial charge in [0.2, 0.25) is 5.95 Å². The maximum absolute atomic E-state index is 5.49. The van der Waals surface area contributed by atoms with Gasteiger partial charge in [0.15, 0.2) is 5.76 Å². The third-order valence-corrected chi connectivity index (χ3v) is 4.70. The molecule has 0 aliphatic rings. The second kappa shape index (κ2) is 8.18. The van der Waals surface area contributed by atoms with Crippen LogP contribution in [0.3, 0.4) is 0 Å². The second-order valence-corrected chi connectivity index (χ2v) is 6.89. The summed E-state index contributed by atoms with van der Waals surface area (Å²) in [6, 6.07) is 11.7. The van der Waals surface area contributed by atoms with Gasteiger partial charge in [-0.3, -0.25) is 9.97 Å². The van der Waals surface area contributed by atoms with E-state index in [2.05, 4.69) is 20.1 Å². The molecule has 0 aliphatic heterocycles. The first-order chi connectivity index (χ1) is 14.1. The average Bonchev–Trinajstić information content (AvgIpc) is 3.19. The van der Waals surface area contributed by atoms with Crippen LogP contribution in [0.4, 0.5) is 5.95 Å². The van der Waals surface area contributed by atoms with E-state index in [9.17, 15) is 0 Å². The molecule has 0 spiro atoms. The third-order valence-electron chi connectivity index (χ3n) is 4.70. The normalized spacial score (nSPS) is 10.9. The van der Waals surface area contributed by atoms with Gasteiger partial charge in [-0.05, 0) is 38.1 Å². The Hall–Kier alpha value is -3.61. The quantitative estimate of drug-likeness (QED) is 0.497. The van der Waals surface area contributed by atoms with E-state index >= 15 is 0 Å². The van der Waals surface area contributed by atoms with Gasteiger partial charge >= 0.3 is 0 Å². The fraction of sp³-hybridized carbons (Fsp3) is 0.227. The van der Waals surface area contributed by atoms with Gasteiger partial charge in [0.1, 0.15) is 0 Å². The van der Waals surface area contributed by atoms with Crippen LogP contribution in [0.5, 0.6) is 0 Å². The minimum Gasteiger partial charge on any atom is -0.356 e. The smallest absolute Gasteiger partial charge is 0.225 e. The Labute approximate surface area is 169 Å². The van der Waals surface area contributed by atoms with Crippen LogP contribution in [-0.4, -0.2) is 38.7 Å². The van der Waals surface area contributed by atoms with E-state index in [0.717, 1.165) is 46.9 Å². The van der Waals surface area contributed by atoms with Crippen molar-refractivity contribution < 1.29 is 4.52 Å². The number of anilines is 1. The summed E-state index contributed by atoms with van der Waals surface area (Å²) in [5, 5.41) is 4.01. The molecule has 4 heterocycles. The molecule has 0 aliphatic carbocycles. The molecule has 0 amide bonds. The Bertz CT molecular complexity index is 1110. The molecule has 4 aromatic heterocycles. The molecule has 0 saturated heterocycles. The topological polar surface area (TPSA) is 80.8 Å². The van der Waals surface area contributed by atoms with Gasteiger partial charge in [0.25, 0.3) is 0 Å². The first kappa shape index (κ1) is 18.7. The lowest BCUT2D eigenvalue weighted by Crippen LogP contribution is -2.23. The second-order valence-electron chi connectivity index (χ2n) is 6.89. The van der Waals surface area contributed by atoms with E-state index in [1.54, 1.807) is 12.4 Å². The highest BCUT2D eigenvalue weighted by Crippen LogP contribution is 2.32. The zero-order chi connectivity index (χ0) is 20.2. The molecule has 4 aromatic rings. The van der Waals surface area contributed by atoms with Crippen molar-refractivity contribution in [2.45, 2.75) is 20.3 Å². The molecular weight excluding hydrogens is 364 g/mol. The number of aryl methyl sites for hydroxylation is 2. The van der Waals surface area contributed by atoms with Crippen molar-refractivity contribution in [2.75, 3.05) is 18.5 Å². The lowest BCUT2D eigenvalue weighted by atomic mass is 10.0. The summed E-state index contributed by atoms with van der Waals surface area (Å²) in [7, 11) is 1.98. The zero-order valence-corrected chi connectivity index (χ0v) is 16.7. The van der Waals surface area contributed by atoms with Crippen LogP contribution in [0.1, 0.15) is 17.1 Å². The van der Waals surface area contributed by atoms with Crippen LogP contribution >= 0.6 is 0 Å². The minimum atomic E-state index is 0.638. The monoisotopic (exact) mass is 386 g/mol. The van der Waals surface area contributed by atoms with Crippen molar-refractivity contribution >= 4 is 5.95 Å². The Morgan fingerprint density at radius 2 is 1.83 bits per heavy atom. The van der Waals surface area contributed by atoms with Crippen LogP contribution in [0, 0.1) is 13.8 Å². The molecule has 0 aromatic carbocycles. The predicted octanol–water partition coefficient (Wildman–Crippen LogP) is 3.88. The molecule has 4 rings (SSSR count). The fourth-order valence-corrected chi connectivity index (χ4v) is 3.10. The highest BCUT2D eigenvalue weighted by atomic mass is 16.5. The standard InChI is InChI=1S/C22H22N6O/c1-15-13-20(29-27-15)19-14-25-22(26-21(19)18-8-6-11-23-16(18)2)28(3)12-9-17-7-4-5-10-24-17/h4-8,10-11,13-14H,9,12H2,1-3H3. The van der Waals surface area contributed by atoms with Crippen LogP contribution in [0.2, 0.25) is 0 Å². The summed E-state index contributed by atoms with van der Waals surface area (Å²) in [4.78, 5) is 20.3. The summed E-state index contributed by atoms with van der Waals surface area (Å²) in [6.45, 7) is 4.61. The Morgan fingerprint density at radius 3 is 2.55 bits per heavy atom. The first-order valence-corrected chi connectivity index (χ1v) is 9.45. The summed E-state index contributed by atoms with van der Waals surface area (Å²) < 4.78 is 5.49. The van der Waals surface area contributed by atoms with Crippen LogP contribution in [0.15, 0.2) is 59.5 Å². The molecule has 0 saturated carbocycles. The maximum atomic E-state index is 5.49. The SMILES string of the molecule is Cc1cc(-c2cnc(N(C)CCc3ccccn3)nc2-c2cccnc2C)on1. The van der Waals surface area contributed by atoms with E-state index in [1.807, 2.05) is 68.4 Å². The molecule has 7 heteroatoms. The van der Waals surface area contributed by atoms with Gasteiger partial charge in [-0.2, -0.15) is 0 Å². The van der Waals surface area contributed by atoms with Gasteiger partial charge in [-0.25, -0.2) is 9.97 Å². The summed E-state index contributed by atoms with van der Waals surface area (Å²) in [6.07, 6.45) is 6.19. The largest absolute Gasteiger partial charge is 0.356 e. The fourth-order valence-electron chi connectivity index (χ4n) is 3.10. The van der Waals surface area contributed by atoms with E-state index in [0.29, 0.717) is 11.7 Å². The van der Waals surface area contributed by atoms with Crippen molar-refractivity contribution in [3.8, 4) is 22.6 Å². The van der Waals surface area contributed by atoms with Crippen molar-refractivity contribution in [3.63, 3.8) is 0 Å². The summed E-state index contributed by atoms with van der Waals surface area (Å²) in [5.74, 6) is 1.28. The minimum absolute atomic E-state index is 0.638. The Kier molecular flexibility index (Phi) is 5.29. The van der Waals surface area contributed by atoms with E-state index in [4.69, 9.17) is 9.51 Å². The van der Waals surface area contributed by atoms with Gasteiger partial charge in [-0.1, -0.05) is 11.2 Å². The highest BCUT2D eigenvalue weighted by Gasteiger charge is 2.18.